The largest absolute Gasteiger partial charge is 0.264 e. The van der Waals surface area contributed by atoms with Crippen molar-refractivity contribution in [3.8, 4) is 0 Å². The molecule has 0 aliphatic rings. The van der Waals surface area contributed by atoms with Crippen molar-refractivity contribution in [2.75, 3.05) is 0 Å². The molecule has 0 amide bonds. The Balaban J connectivity index is 2.70. The van der Waals surface area contributed by atoms with Crippen LogP contribution in [0.1, 0.15) is 30.5 Å². The van der Waals surface area contributed by atoms with Crippen LogP contribution in [0, 0.1) is 10.1 Å². The fourth-order valence-electron chi connectivity index (χ4n) is 0.793. The summed E-state index contributed by atoms with van der Waals surface area (Å²) in [7, 11) is 0. The van der Waals surface area contributed by atoms with Crippen LogP contribution in [0.25, 0.3) is 0 Å². The summed E-state index contributed by atoms with van der Waals surface area (Å²) in [5.74, 6) is 0.357. The number of nitrogens with zero attached hydrogens (tertiary/aromatic N) is 2. The fraction of sp³-hybridized carbons (Fsp3) is 0.571. The van der Waals surface area contributed by atoms with Gasteiger partial charge >= 0.3 is 0 Å². The van der Waals surface area contributed by atoms with Crippen molar-refractivity contribution in [2.24, 2.45) is 0 Å². The molecule has 66 valence electrons. The van der Waals surface area contributed by atoms with Crippen molar-refractivity contribution >= 4 is 11.3 Å². The molecule has 0 fully saturated rings. The summed E-state index contributed by atoms with van der Waals surface area (Å²) in [5.41, 5.74) is 0.564. The van der Waals surface area contributed by atoms with Crippen LogP contribution in [0.4, 0.5) is 0 Å². The molecule has 0 N–H and O–H groups in total. The van der Waals surface area contributed by atoms with E-state index >= 15 is 0 Å². The Kier molecular flexibility index (Phi) is 2.75. The number of rotatable bonds is 3. The molecule has 1 aromatic rings. The van der Waals surface area contributed by atoms with E-state index < -0.39 is 0 Å². The van der Waals surface area contributed by atoms with Gasteiger partial charge in [-0.2, -0.15) is 0 Å². The third-order valence-electron chi connectivity index (χ3n) is 1.35. The highest BCUT2D eigenvalue weighted by atomic mass is 32.1. The van der Waals surface area contributed by atoms with Crippen molar-refractivity contribution in [1.82, 2.24) is 4.98 Å². The smallest absolute Gasteiger partial charge is 0.246 e. The Hall–Kier alpha value is -0.970. The van der Waals surface area contributed by atoms with Gasteiger partial charge in [0.1, 0.15) is 5.69 Å². The van der Waals surface area contributed by atoms with E-state index in [0.29, 0.717) is 11.6 Å². The molecule has 12 heavy (non-hydrogen) atoms. The fourth-order valence-corrected chi connectivity index (χ4v) is 1.62. The molecular formula is C7H10N2O2S. The van der Waals surface area contributed by atoms with Gasteiger partial charge in [-0.3, -0.25) is 10.1 Å². The van der Waals surface area contributed by atoms with E-state index in [4.69, 9.17) is 0 Å². The summed E-state index contributed by atoms with van der Waals surface area (Å²) >= 11 is 1.48. The first kappa shape index (κ1) is 9.12. The molecule has 0 spiro atoms. The number of thiazole rings is 1. The van der Waals surface area contributed by atoms with Gasteiger partial charge in [-0.1, -0.05) is 13.8 Å². The van der Waals surface area contributed by atoms with Crippen molar-refractivity contribution in [2.45, 2.75) is 26.3 Å². The molecule has 0 bridgehead atoms. The summed E-state index contributed by atoms with van der Waals surface area (Å²) in [5, 5.41) is 12.8. The lowest BCUT2D eigenvalue weighted by atomic mass is 10.2. The number of hydrogen-bond donors (Lipinski definition) is 0. The summed E-state index contributed by atoms with van der Waals surface area (Å²) in [6.07, 6.45) is 0. The lowest BCUT2D eigenvalue weighted by molar-refractivity contribution is -0.497. The molecule has 0 aliphatic heterocycles. The van der Waals surface area contributed by atoms with E-state index in [-0.39, 0.29) is 11.5 Å². The average molecular weight is 186 g/mol. The molecule has 0 saturated heterocycles. The predicted octanol–water partition coefficient (Wildman–Crippen LogP) is 2.04. The second-order valence-electron chi connectivity index (χ2n) is 2.82. The van der Waals surface area contributed by atoms with E-state index in [1.165, 1.54) is 11.3 Å². The van der Waals surface area contributed by atoms with Crippen LogP contribution in [0.3, 0.4) is 0 Å². The van der Waals surface area contributed by atoms with Crippen LogP contribution in [-0.4, -0.2) is 9.91 Å². The highest BCUT2D eigenvalue weighted by molar-refractivity contribution is 7.09. The average Bonchev–Trinajstić information content (AvgIpc) is 2.34. The minimum Gasteiger partial charge on any atom is -0.264 e. The van der Waals surface area contributed by atoms with Crippen LogP contribution in [-0.2, 0) is 6.54 Å². The van der Waals surface area contributed by atoms with E-state index in [2.05, 4.69) is 4.98 Å². The quantitative estimate of drug-likeness (QED) is 0.536. The van der Waals surface area contributed by atoms with Gasteiger partial charge in [0, 0.05) is 16.2 Å². The second-order valence-corrected chi connectivity index (χ2v) is 3.71. The normalized spacial score (nSPS) is 10.6. The first-order valence-electron chi connectivity index (χ1n) is 3.65. The maximum Gasteiger partial charge on any atom is 0.246 e. The van der Waals surface area contributed by atoms with Crippen LogP contribution < -0.4 is 0 Å². The predicted molar refractivity (Wildman–Crippen MR) is 46.9 cm³/mol. The van der Waals surface area contributed by atoms with Gasteiger partial charge in [0.05, 0.1) is 5.01 Å². The molecule has 0 unspecified atom stereocenters. The van der Waals surface area contributed by atoms with Gasteiger partial charge in [0.2, 0.25) is 6.54 Å². The first-order chi connectivity index (χ1) is 5.59. The molecule has 1 heterocycles. The summed E-state index contributed by atoms with van der Waals surface area (Å²) in [6, 6.07) is 0. The van der Waals surface area contributed by atoms with Gasteiger partial charge in [-0.15, -0.1) is 11.3 Å². The van der Waals surface area contributed by atoms with E-state index in [9.17, 15) is 10.1 Å². The highest BCUT2D eigenvalue weighted by Gasteiger charge is 2.09. The van der Waals surface area contributed by atoms with Crippen LogP contribution in [0.5, 0.6) is 0 Å². The SMILES string of the molecule is CC(C)c1nc(C[N+](=O)[O-])cs1. The third kappa shape index (κ3) is 2.27. The standard InChI is InChI=1S/C7H10N2O2S/c1-5(2)7-8-6(4-12-7)3-9(10)11/h4-5H,3H2,1-2H3. The Bertz CT molecular complexity index is 283. The van der Waals surface area contributed by atoms with Gasteiger partial charge in [-0.05, 0) is 0 Å². The molecule has 0 aromatic carbocycles. The topological polar surface area (TPSA) is 56.0 Å². The Morgan fingerprint density at radius 1 is 1.75 bits per heavy atom. The molecule has 0 saturated carbocycles. The molecule has 0 atom stereocenters. The zero-order valence-corrected chi connectivity index (χ0v) is 7.80. The van der Waals surface area contributed by atoms with Gasteiger partial charge in [0.25, 0.3) is 0 Å². The number of hydrogen-bond acceptors (Lipinski definition) is 4. The monoisotopic (exact) mass is 186 g/mol. The summed E-state index contributed by atoms with van der Waals surface area (Å²) < 4.78 is 0. The molecule has 0 radical (unpaired) electrons. The number of nitro groups is 1. The van der Waals surface area contributed by atoms with E-state index in [0.717, 1.165) is 5.01 Å². The molecule has 4 nitrogen and oxygen atoms in total. The summed E-state index contributed by atoms with van der Waals surface area (Å²) in [4.78, 5) is 13.9. The molecule has 0 aliphatic carbocycles. The molecule has 5 heteroatoms. The van der Waals surface area contributed by atoms with Gasteiger partial charge in [-0.25, -0.2) is 4.98 Å². The van der Waals surface area contributed by atoms with Gasteiger partial charge in [0.15, 0.2) is 0 Å². The van der Waals surface area contributed by atoms with Crippen LogP contribution in [0.2, 0.25) is 0 Å². The summed E-state index contributed by atoms with van der Waals surface area (Å²) in [6.45, 7) is 3.88. The van der Waals surface area contributed by atoms with Crippen molar-refractivity contribution < 1.29 is 4.92 Å². The van der Waals surface area contributed by atoms with Crippen LogP contribution >= 0.6 is 11.3 Å². The highest BCUT2D eigenvalue weighted by Crippen LogP contribution is 2.19. The third-order valence-corrected chi connectivity index (χ3v) is 2.55. The van der Waals surface area contributed by atoms with Crippen LogP contribution in [0.15, 0.2) is 5.38 Å². The number of aromatic nitrogens is 1. The zero-order valence-electron chi connectivity index (χ0n) is 6.98. The lowest BCUT2D eigenvalue weighted by Crippen LogP contribution is -1.98. The lowest BCUT2D eigenvalue weighted by Gasteiger charge is -1.95. The maximum atomic E-state index is 10.1. The maximum absolute atomic E-state index is 10.1. The molecule has 1 rings (SSSR count). The zero-order chi connectivity index (χ0) is 9.14. The Morgan fingerprint density at radius 3 is 2.83 bits per heavy atom. The van der Waals surface area contributed by atoms with Crippen molar-refractivity contribution in [3.63, 3.8) is 0 Å². The Labute approximate surface area is 74.4 Å². The minimum atomic E-state index is -0.362. The van der Waals surface area contributed by atoms with Gasteiger partial charge < -0.3 is 0 Å². The minimum absolute atomic E-state index is 0.163. The van der Waals surface area contributed by atoms with E-state index in [1.807, 2.05) is 13.8 Å². The first-order valence-corrected chi connectivity index (χ1v) is 4.53. The van der Waals surface area contributed by atoms with E-state index in [1.54, 1.807) is 5.38 Å². The molecular weight excluding hydrogens is 176 g/mol. The second kappa shape index (κ2) is 3.62. The van der Waals surface area contributed by atoms with Crippen molar-refractivity contribution in [3.05, 3.63) is 26.2 Å². The van der Waals surface area contributed by atoms with Crippen molar-refractivity contribution in [1.29, 1.82) is 0 Å². The Morgan fingerprint density at radius 2 is 2.42 bits per heavy atom. The molecule has 1 aromatic heterocycles.